The minimum absolute atomic E-state index is 0.443. The van der Waals surface area contributed by atoms with Crippen molar-refractivity contribution < 1.29 is 0 Å². The summed E-state index contributed by atoms with van der Waals surface area (Å²) in [6.45, 7) is 4.73. The Morgan fingerprint density at radius 3 is 2.38 bits per heavy atom. The van der Waals surface area contributed by atoms with E-state index in [4.69, 9.17) is 0 Å². The maximum absolute atomic E-state index is 4.12. The molecule has 0 bridgehead atoms. The van der Waals surface area contributed by atoms with Crippen LogP contribution in [0, 0.1) is 11.3 Å². The van der Waals surface area contributed by atoms with Crippen LogP contribution in [0.1, 0.15) is 56.3 Å². The van der Waals surface area contributed by atoms with E-state index >= 15 is 0 Å². The van der Waals surface area contributed by atoms with Crippen molar-refractivity contribution in [2.24, 2.45) is 11.3 Å². The summed E-state index contributed by atoms with van der Waals surface area (Å²) in [6, 6.07) is 15.6. The summed E-state index contributed by atoms with van der Waals surface area (Å²) in [4.78, 5) is 0.473. The molecule has 112 valence electrons. The lowest BCUT2D eigenvalue weighted by atomic mass is 9.73. The van der Waals surface area contributed by atoms with Gasteiger partial charge in [-0.15, -0.1) is 0 Å². The molecule has 1 aliphatic carbocycles. The van der Waals surface area contributed by atoms with E-state index in [9.17, 15) is 0 Å². The average Bonchev–Trinajstić information content (AvgIpc) is 2.95. The second-order valence-electron chi connectivity index (χ2n) is 7.10. The van der Waals surface area contributed by atoms with Crippen LogP contribution in [0.25, 0.3) is 10.8 Å². The number of halogens is 1. The largest absolute Gasteiger partial charge is 0.0832 e. The SMILES string of the molecule is CC(C)CC1(C(Br)c2cccc3ccccc23)CCCC1. The Balaban J connectivity index is 2.04. The summed E-state index contributed by atoms with van der Waals surface area (Å²) in [5.74, 6) is 0.762. The fraction of sp³-hybridized carbons (Fsp3) is 0.500. The van der Waals surface area contributed by atoms with Crippen LogP contribution in [0.3, 0.4) is 0 Å². The van der Waals surface area contributed by atoms with Gasteiger partial charge in [-0.1, -0.05) is 85.1 Å². The van der Waals surface area contributed by atoms with Crippen molar-refractivity contribution in [1.82, 2.24) is 0 Å². The lowest BCUT2D eigenvalue weighted by Gasteiger charge is -2.36. The molecular formula is C20H25Br. The van der Waals surface area contributed by atoms with Gasteiger partial charge in [-0.2, -0.15) is 0 Å². The molecule has 1 unspecified atom stereocenters. The van der Waals surface area contributed by atoms with Gasteiger partial charge in [0.15, 0.2) is 0 Å². The molecule has 0 aromatic heterocycles. The van der Waals surface area contributed by atoms with Gasteiger partial charge < -0.3 is 0 Å². The van der Waals surface area contributed by atoms with Crippen LogP contribution in [0.15, 0.2) is 42.5 Å². The number of hydrogen-bond acceptors (Lipinski definition) is 0. The fourth-order valence-corrected chi connectivity index (χ4v) is 5.30. The van der Waals surface area contributed by atoms with Crippen LogP contribution in [-0.2, 0) is 0 Å². The normalized spacial score (nSPS) is 19.2. The molecule has 0 aliphatic heterocycles. The van der Waals surface area contributed by atoms with E-state index in [1.165, 1.54) is 48.4 Å². The summed E-state index contributed by atoms with van der Waals surface area (Å²) in [5, 5.41) is 2.77. The third kappa shape index (κ3) is 2.90. The van der Waals surface area contributed by atoms with E-state index in [0.29, 0.717) is 10.2 Å². The molecule has 0 nitrogen and oxygen atoms in total. The highest BCUT2D eigenvalue weighted by atomic mass is 79.9. The summed E-state index contributed by atoms with van der Waals surface area (Å²) in [6.07, 6.45) is 6.83. The molecule has 1 fully saturated rings. The zero-order valence-corrected chi connectivity index (χ0v) is 14.7. The molecule has 0 saturated heterocycles. The highest BCUT2D eigenvalue weighted by Crippen LogP contribution is 2.56. The Morgan fingerprint density at radius 2 is 1.67 bits per heavy atom. The van der Waals surface area contributed by atoms with Crippen molar-refractivity contribution in [2.75, 3.05) is 0 Å². The van der Waals surface area contributed by atoms with E-state index in [1.807, 2.05) is 0 Å². The minimum Gasteiger partial charge on any atom is -0.0832 e. The molecule has 21 heavy (non-hydrogen) atoms. The van der Waals surface area contributed by atoms with E-state index in [-0.39, 0.29) is 0 Å². The van der Waals surface area contributed by atoms with Crippen LogP contribution >= 0.6 is 15.9 Å². The van der Waals surface area contributed by atoms with Crippen molar-refractivity contribution in [3.8, 4) is 0 Å². The fourth-order valence-electron chi connectivity index (χ4n) is 4.25. The van der Waals surface area contributed by atoms with Crippen LogP contribution in [-0.4, -0.2) is 0 Å². The smallest absolute Gasteiger partial charge is 0.0457 e. The van der Waals surface area contributed by atoms with Gasteiger partial charge in [0.25, 0.3) is 0 Å². The molecule has 2 aromatic rings. The van der Waals surface area contributed by atoms with Gasteiger partial charge >= 0.3 is 0 Å². The second-order valence-corrected chi connectivity index (χ2v) is 8.01. The monoisotopic (exact) mass is 344 g/mol. The van der Waals surface area contributed by atoms with Crippen molar-refractivity contribution >= 4 is 26.7 Å². The minimum atomic E-state index is 0.443. The van der Waals surface area contributed by atoms with Gasteiger partial charge in [-0.25, -0.2) is 0 Å². The van der Waals surface area contributed by atoms with Gasteiger partial charge in [-0.3, -0.25) is 0 Å². The number of rotatable bonds is 4. The van der Waals surface area contributed by atoms with E-state index in [0.717, 1.165) is 5.92 Å². The second kappa shape index (κ2) is 6.12. The topological polar surface area (TPSA) is 0 Å². The number of hydrogen-bond donors (Lipinski definition) is 0. The first-order valence-corrected chi connectivity index (χ1v) is 9.16. The zero-order chi connectivity index (χ0) is 14.9. The van der Waals surface area contributed by atoms with Gasteiger partial charge in [0, 0.05) is 4.83 Å². The van der Waals surface area contributed by atoms with E-state index in [1.54, 1.807) is 0 Å². The molecule has 0 amide bonds. The Bertz CT molecular complexity index is 603. The molecule has 0 spiro atoms. The molecule has 3 rings (SSSR count). The first-order chi connectivity index (χ1) is 10.1. The first kappa shape index (κ1) is 15.1. The lowest BCUT2D eigenvalue weighted by molar-refractivity contribution is 0.231. The molecule has 2 aromatic carbocycles. The molecule has 0 N–H and O–H groups in total. The van der Waals surface area contributed by atoms with E-state index in [2.05, 4.69) is 72.2 Å². The Morgan fingerprint density at radius 1 is 1.00 bits per heavy atom. The molecule has 1 saturated carbocycles. The Kier molecular flexibility index (Phi) is 4.40. The van der Waals surface area contributed by atoms with Crippen molar-refractivity contribution in [3.05, 3.63) is 48.0 Å². The zero-order valence-electron chi connectivity index (χ0n) is 13.1. The first-order valence-electron chi connectivity index (χ1n) is 8.24. The van der Waals surface area contributed by atoms with Crippen molar-refractivity contribution in [3.63, 3.8) is 0 Å². The van der Waals surface area contributed by atoms with Gasteiger partial charge in [0.1, 0.15) is 0 Å². The molecule has 1 atom stereocenters. The number of alkyl halides is 1. The molecule has 0 radical (unpaired) electrons. The Hall–Kier alpha value is -0.820. The third-order valence-corrected chi connectivity index (χ3v) is 6.51. The van der Waals surface area contributed by atoms with Crippen LogP contribution in [0.5, 0.6) is 0 Å². The highest BCUT2D eigenvalue weighted by molar-refractivity contribution is 9.09. The quantitative estimate of drug-likeness (QED) is 0.530. The van der Waals surface area contributed by atoms with Gasteiger partial charge in [0.2, 0.25) is 0 Å². The standard InChI is InChI=1S/C20H25Br/c1-15(2)14-20(12-5-6-13-20)19(21)18-11-7-9-16-8-3-4-10-17(16)18/h3-4,7-11,15,19H,5-6,12-14H2,1-2H3. The molecule has 0 heterocycles. The lowest BCUT2D eigenvalue weighted by Crippen LogP contribution is -2.24. The highest BCUT2D eigenvalue weighted by Gasteiger charge is 2.41. The molecular weight excluding hydrogens is 320 g/mol. The van der Waals surface area contributed by atoms with Crippen molar-refractivity contribution in [2.45, 2.75) is 50.8 Å². The molecule has 1 aliphatic rings. The van der Waals surface area contributed by atoms with Crippen molar-refractivity contribution in [1.29, 1.82) is 0 Å². The Labute approximate surface area is 137 Å². The van der Waals surface area contributed by atoms with Crippen LogP contribution in [0.2, 0.25) is 0 Å². The van der Waals surface area contributed by atoms with Crippen LogP contribution < -0.4 is 0 Å². The summed E-state index contributed by atoms with van der Waals surface area (Å²) >= 11 is 4.12. The molecule has 1 heteroatoms. The predicted octanol–water partition coefficient (Wildman–Crippen LogP) is 6.88. The maximum Gasteiger partial charge on any atom is 0.0457 e. The van der Waals surface area contributed by atoms with Gasteiger partial charge in [-0.05, 0) is 46.9 Å². The van der Waals surface area contributed by atoms with Crippen LogP contribution in [0.4, 0.5) is 0 Å². The van der Waals surface area contributed by atoms with Gasteiger partial charge in [0.05, 0.1) is 0 Å². The summed E-state index contributed by atoms with van der Waals surface area (Å²) in [7, 11) is 0. The van der Waals surface area contributed by atoms with E-state index < -0.39 is 0 Å². The number of fused-ring (bicyclic) bond motifs is 1. The summed E-state index contributed by atoms with van der Waals surface area (Å²) < 4.78 is 0. The summed E-state index contributed by atoms with van der Waals surface area (Å²) in [5.41, 5.74) is 1.92. The number of benzene rings is 2. The third-order valence-electron chi connectivity index (χ3n) is 5.05. The predicted molar refractivity (Wildman–Crippen MR) is 96.0 cm³/mol. The maximum atomic E-state index is 4.12. The average molecular weight is 345 g/mol.